The number of ketones is 5. The molecular formula is C90H69Cl2F6N15O10S. The van der Waals surface area contributed by atoms with Gasteiger partial charge >= 0.3 is 0 Å². The molecule has 15 aromatic rings. The number of Topliss-reactive ketones (excluding diaryl/α,β-unsaturated/α-hetero) is 5. The second kappa shape index (κ2) is 44.0. The van der Waals surface area contributed by atoms with Gasteiger partial charge in [-0.15, -0.1) is 11.3 Å². The largest absolute Gasteiger partial charge is 0.454 e. The van der Waals surface area contributed by atoms with Crippen LogP contribution in [0.15, 0.2) is 263 Å². The zero-order valence-corrected chi connectivity index (χ0v) is 68.5. The van der Waals surface area contributed by atoms with Crippen LogP contribution in [0.25, 0.3) is 0 Å². The summed E-state index contributed by atoms with van der Waals surface area (Å²) >= 11 is 13.4. The minimum absolute atomic E-state index is 0.0330. The number of rotatable bonds is 27. The molecule has 1 unspecified atom stereocenters. The molecule has 10 aromatic heterocycles. The summed E-state index contributed by atoms with van der Waals surface area (Å²) in [6.07, 6.45) is 26.9. The molecule has 10 heterocycles. The van der Waals surface area contributed by atoms with E-state index in [0.29, 0.717) is 83.5 Å². The van der Waals surface area contributed by atoms with E-state index in [9.17, 15) is 50.3 Å². The van der Waals surface area contributed by atoms with Crippen LogP contribution >= 0.6 is 34.5 Å². The van der Waals surface area contributed by atoms with Gasteiger partial charge in [0.05, 0.1) is 93.3 Å². The summed E-state index contributed by atoms with van der Waals surface area (Å²) in [5.74, 6) is -2.61. The van der Waals surface area contributed by atoms with Gasteiger partial charge < -0.3 is 23.7 Å². The van der Waals surface area contributed by atoms with Crippen LogP contribution in [-0.4, -0.2) is 104 Å². The van der Waals surface area contributed by atoms with Crippen molar-refractivity contribution >= 4 is 63.5 Å². The minimum atomic E-state index is -3.01. The van der Waals surface area contributed by atoms with Crippen molar-refractivity contribution in [1.29, 1.82) is 0 Å². The molecule has 124 heavy (non-hydrogen) atoms. The molecule has 0 aliphatic heterocycles. The lowest BCUT2D eigenvalue weighted by Gasteiger charge is -2.10. The van der Waals surface area contributed by atoms with Crippen molar-refractivity contribution in [2.24, 2.45) is 0 Å². The topological polar surface area (TPSA) is 325 Å². The van der Waals surface area contributed by atoms with Gasteiger partial charge in [0.1, 0.15) is 89.0 Å². The highest BCUT2D eigenvalue weighted by Crippen LogP contribution is 2.33. The van der Waals surface area contributed by atoms with E-state index in [4.69, 9.17) is 46.9 Å². The number of nitrogens with zero attached hydrogens (tertiary/aromatic N) is 15. The van der Waals surface area contributed by atoms with E-state index >= 15 is 0 Å². The average Bonchev–Trinajstić information content (AvgIpc) is 1.72. The van der Waals surface area contributed by atoms with Gasteiger partial charge in [-0.25, -0.2) is 81.2 Å². The van der Waals surface area contributed by atoms with Crippen molar-refractivity contribution in [2.75, 3.05) is 0 Å². The molecule has 0 aliphatic carbocycles. The van der Waals surface area contributed by atoms with Gasteiger partial charge in [0, 0.05) is 128 Å². The van der Waals surface area contributed by atoms with Crippen LogP contribution in [-0.2, 0) is 38.0 Å². The number of aromatic nitrogens is 15. The predicted octanol–water partition coefficient (Wildman–Crippen LogP) is 20.3. The molecule has 0 amide bonds. The standard InChI is InChI=1S/C19H14F3N3O2.2C18H14ClN3O2.C18H14FN3O2.C17H13F2N3O2S/c1-19(21,22)13-2-3-15(25-8-13)7-18(26)12-4-14(20)6-16(5-12)27-17-9-23-11-24-10-17;1-12-2-13(8-20-7-12)3-18(23)14-4-15(19)6-16(5-14)24-17-9-21-11-22-10-17;1-12-3-2-4-15(22-12)8-18(23)13-5-14(19)7-16(6-13)24-17-9-20-11-21-10-17;1-12-2-3-15(22-8-12)7-18(23)13-4-14(19)6-16(5-13)24-17-9-20-11-21-10-17;1-10(18)15-8-25-17(22-15)5-16(23)11-2-12(19)4-13(3-11)24-14-6-20-9-21-7-14/h2-6,8-11H,7H2,1H3;2,4-11H,3H2,1H3;2-7,9-11H,8H2,1H3;2-6,8-11H,7H2,1H3;2-4,6-10H,5H2,1H3. The number of thiazole rings is 1. The first kappa shape index (κ1) is 90.0. The molecule has 1 atom stereocenters. The van der Waals surface area contributed by atoms with Crippen molar-refractivity contribution in [1.82, 2.24) is 74.8 Å². The van der Waals surface area contributed by atoms with Crippen molar-refractivity contribution in [3.8, 4) is 57.5 Å². The number of ether oxygens (including phenoxy) is 5. The number of carbonyl (C=O) groups excluding carboxylic acids is 5. The fraction of sp³-hybridized carbons (Fsp3) is 0.133. The molecule has 25 nitrogen and oxygen atoms in total. The molecule has 0 radical (unpaired) electrons. The lowest BCUT2D eigenvalue weighted by atomic mass is 10.0. The SMILES string of the molecule is CC(F)(F)c1ccc(CC(=O)c2cc(F)cc(Oc3cncnc3)c2)nc1.CC(F)c1csc(CC(=O)c2cc(F)cc(Oc3cncnc3)c2)n1.Cc1ccc(CC(=O)c2cc(F)cc(Oc3cncnc3)c2)nc1.Cc1cccc(CC(=O)c2cc(Cl)cc(Oc3cncnc3)c2)n1.Cc1cncc(CC(=O)c2cc(Cl)cc(Oc3cncnc3)c2)c1. The Morgan fingerprint density at radius 3 is 1.10 bits per heavy atom. The molecular weight excluding hydrogens is 1670 g/mol. The highest BCUT2D eigenvalue weighted by Gasteiger charge is 2.25. The first-order valence-corrected chi connectivity index (χ1v) is 38.8. The van der Waals surface area contributed by atoms with E-state index in [1.165, 1.54) is 154 Å². The van der Waals surface area contributed by atoms with Gasteiger partial charge in [-0.3, -0.25) is 43.9 Å². The first-order valence-electron chi connectivity index (χ1n) is 37.1. The van der Waals surface area contributed by atoms with Crippen molar-refractivity contribution in [3.05, 3.63) is 374 Å². The molecule has 0 N–H and O–H groups in total. The van der Waals surface area contributed by atoms with E-state index in [-0.39, 0.29) is 94.7 Å². The minimum Gasteiger partial charge on any atom is -0.454 e. The maximum Gasteiger partial charge on any atom is 0.272 e. The Kier molecular flexibility index (Phi) is 31.9. The smallest absolute Gasteiger partial charge is 0.272 e. The van der Waals surface area contributed by atoms with Crippen molar-refractivity contribution < 1.29 is 74.0 Å². The predicted molar refractivity (Wildman–Crippen MR) is 445 cm³/mol. The van der Waals surface area contributed by atoms with Gasteiger partial charge in [-0.2, -0.15) is 0 Å². The highest BCUT2D eigenvalue weighted by atomic mass is 35.5. The molecule has 34 heteroatoms. The Morgan fingerprint density at radius 2 is 0.750 bits per heavy atom. The molecule has 15 rings (SSSR count). The molecule has 0 saturated heterocycles. The molecule has 0 saturated carbocycles. The maximum atomic E-state index is 13.9. The monoisotopic (exact) mass is 1740 g/mol. The van der Waals surface area contributed by atoms with Gasteiger partial charge in [-0.1, -0.05) is 41.4 Å². The number of carbonyl (C=O) groups is 5. The molecule has 0 aliphatic rings. The van der Waals surface area contributed by atoms with E-state index in [1.807, 2.05) is 51.1 Å². The Morgan fingerprint density at radius 1 is 0.379 bits per heavy atom. The number of pyridine rings is 4. The third-order valence-electron chi connectivity index (χ3n) is 16.7. The lowest BCUT2D eigenvalue weighted by Crippen LogP contribution is -2.10. The fourth-order valence-electron chi connectivity index (χ4n) is 11.0. The Labute approximate surface area is 718 Å². The summed E-state index contributed by atoms with van der Waals surface area (Å²) in [5.41, 5.74) is 6.87. The molecule has 626 valence electrons. The Hall–Kier alpha value is -14.8. The number of hydrogen-bond acceptors (Lipinski definition) is 26. The number of alkyl halides is 3. The number of hydrogen-bond donors (Lipinski definition) is 0. The molecule has 0 bridgehead atoms. The van der Waals surface area contributed by atoms with Crippen LogP contribution < -0.4 is 23.7 Å². The number of aryl methyl sites for hydroxylation is 3. The van der Waals surface area contributed by atoms with Crippen LogP contribution in [0.4, 0.5) is 26.3 Å². The van der Waals surface area contributed by atoms with Crippen molar-refractivity contribution in [2.45, 2.75) is 78.8 Å². The Bertz CT molecular complexity index is 6010. The maximum absolute atomic E-state index is 13.9. The van der Waals surface area contributed by atoms with Crippen LogP contribution in [0.2, 0.25) is 10.0 Å². The Balaban J connectivity index is 0.000000151. The number of benzene rings is 5. The fourth-order valence-corrected chi connectivity index (χ4v) is 12.3. The second-order valence-electron chi connectivity index (χ2n) is 26.9. The third kappa shape index (κ3) is 29.0. The number of halogens is 8. The van der Waals surface area contributed by atoms with E-state index in [2.05, 4.69) is 74.8 Å². The van der Waals surface area contributed by atoms with Gasteiger partial charge in [-0.05, 0) is 148 Å². The van der Waals surface area contributed by atoms with E-state index in [0.717, 1.165) is 65.5 Å². The zero-order valence-electron chi connectivity index (χ0n) is 66.2. The molecule has 5 aromatic carbocycles. The van der Waals surface area contributed by atoms with Crippen molar-refractivity contribution in [3.63, 3.8) is 0 Å². The summed E-state index contributed by atoms with van der Waals surface area (Å²) in [5, 5.41) is 2.90. The summed E-state index contributed by atoms with van der Waals surface area (Å²) in [6.45, 7) is 7.89. The normalized spacial score (nSPS) is 10.9. The third-order valence-corrected chi connectivity index (χ3v) is 18.0. The summed E-state index contributed by atoms with van der Waals surface area (Å²) in [4.78, 5) is 121. The summed E-state index contributed by atoms with van der Waals surface area (Å²) in [6, 6.07) is 34.8. The average molecular weight is 1740 g/mol. The summed E-state index contributed by atoms with van der Waals surface area (Å²) < 4.78 is 109. The van der Waals surface area contributed by atoms with Crippen LogP contribution in [0.3, 0.4) is 0 Å². The van der Waals surface area contributed by atoms with Crippen LogP contribution in [0, 0.1) is 38.2 Å². The molecule has 0 fully saturated rings. The lowest BCUT2D eigenvalue weighted by molar-refractivity contribution is 0.0170. The van der Waals surface area contributed by atoms with E-state index < -0.39 is 35.3 Å². The quantitative estimate of drug-likeness (QED) is 0.0341. The first-order chi connectivity index (χ1) is 59.6. The van der Waals surface area contributed by atoms with Gasteiger partial charge in [0.25, 0.3) is 5.92 Å². The van der Waals surface area contributed by atoms with Gasteiger partial charge in [0.2, 0.25) is 0 Å². The molecule has 0 spiro atoms. The highest BCUT2D eigenvalue weighted by molar-refractivity contribution is 7.09. The van der Waals surface area contributed by atoms with Gasteiger partial charge in [0.15, 0.2) is 57.7 Å². The van der Waals surface area contributed by atoms with Crippen LogP contribution in [0.1, 0.15) is 128 Å². The summed E-state index contributed by atoms with van der Waals surface area (Å²) in [7, 11) is 0. The van der Waals surface area contributed by atoms with E-state index in [1.54, 1.807) is 66.4 Å². The zero-order chi connectivity index (χ0) is 88.1. The van der Waals surface area contributed by atoms with Crippen LogP contribution in [0.5, 0.6) is 57.5 Å². The second-order valence-corrected chi connectivity index (χ2v) is 28.8.